The van der Waals surface area contributed by atoms with Gasteiger partial charge in [-0.3, -0.25) is 9.59 Å². The van der Waals surface area contributed by atoms with Gasteiger partial charge in [-0.1, -0.05) is 52.7 Å². The van der Waals surface area contributed by atoms with Crippen molar-refractivity contribution < 1.29 is 19.4 Å². The van der Waals surface area contributed by atoms with Crippen molar-refractivity contribution in [1.29, 1.82) is 0 Å². The lowest BCUT2D eigenvalue weighted by molar-refractivity contribution is -0.174. The van der Waals surface area contributed by atoms with Crippen molar-refractivity contribution in [2.45, 2.75) is 73.0 Å². The van der Waals surface area contributed by atoms with Crippen LogP contribution in [0.2, 0.25) is 0 Å². The van der Waals surface area contributed by atoms with Gasteiger partial charge < -0.3 is 9.84 Å². The van der Waals surface area contributed by atoms with Gasteiger partial charge in [-0.05, 0) is 25.2 Å². The third kappa shape index (κ3) is 5.45. The lowest BCUT2D eigenvalue weighted by Crippen LogP contribution is -2.38. The van der Waals surface area contributed by atoms with E-state index in [-0.39, 0.29) is 41.5 Å². The van der Waals surface area contributed by atoms with Crippen molar-refractivity contribution in [1.82, 2.24) is 0 Å². The van der Waals surface area contributed by atoms with Gasteiger partial charge in [0.25, 0.3) is 0 Å². The summed E-state index contributed by atoms with van der Waals surface area (Å²) in [5, 5.41) is 10.2. The van der Waals surface area contributed by atoms with Gasteiger partial charge >= 0.3 is 5.97 Å². The van der Waals surface area contributed by atoms with Crippen molar-refractivity contribution in [2.75, 3.05) is 0 Å². The number of hydrogen-bond acceptors (Lipinski definition) is 4. The molecule has 1 rings (SSSR count). The smallest absolute Gasteiger partial charge is 0.309 e. The molecule has 1 aliphatic heterocycles. The molecule has 1 saturated heterocycles. The minimum atomic E-state index is -0.586. The number of aliphatic hydroxyl groups is 1. The van der Waals surface area contributed by atoms with E-state index in [2.05, 4.69) is 6.92 Å². The zero-order valence-corrected chi connectivity index (χ0v) is 15.3. The maximum Gasteiger partial charge on any atom is 0.309 e. The minimum absolute atomic E-state index is 0.0167. The van der Waals surface area contributed by atoms with Gasteiger partial charge in [0.15, 0.2) is 0 Å². The second-order valence-electron chi connectivity index (χ2n) is 7.28. The predicted octanol–water partition coefficient (Wildman–Crippen LogP) is 3.52. The Hall–Kier alpha value is -1.16. The number of Topliss-reactive ketones (excluding diaryl/α,β-unsaturated/α-hetero) is 1. The van der Waals surface area contributed by atoms with E-state index in [4.69, 9.17) is 4.74 Å². The Balaban J connectivity index is 2.56. The zero-order chi connectivity index (χ0) is 17.7. The molecule has 1 N–H and O–H groups in total. The first kappa shape index (κ1) is 19.9. The van der Waals surface area contributed by atoms with Crippen molar-refractivity contribution in [3.63, 3.8) is 0 Å². The number of aliphatic hydroxyl groups excluding tert-OH is 1. The molecule has 0 radical (unpaired) electrons. The monoisotopic (exact) mass is 324 g/mol. The highest BCUT2D eigenvalue weighted by molar-refractivity contribution is 5.85. The second kappa shape index (κ2) is 8.62. The van der Waals surface area contributed by atoms with Gasteiger partial charge in [0.1, 0.15) is 11.9 Å². The van der Waals surface area contributed by atoms with E-state index >= 15 is 0 Å². The summed E-state index contributed by atoms with van der Waals surface area (Å²) in [4.78, 5) is 23.4. The molecule has 4 nitrogen and oxygen atoms in total. The molecule has 132 valence electrons. The Kier molecular flexibility index (Phi) is 7.46. The normalized spacial score (nSPS) is 24.9. The van der Waals surface area contributed by atoms with Gasteiger partial charge in [-0.2, -0.15) is 0 Å². The van der Waals surface area contributed by atoms with Gasteiger partial charge in [0.05, 0.1) is 12.5 Å². The highest BCUT2D eigenvalue weighted by Crippen LogP contribution is 2.27. The molecular weight excluding hydrogens is 292 g/mol. The summed E-state index contributed by atoms with van der Waals surface area (Å²) in [5.74, 6) is -0.206. The van der Waals surface area contributed by atoms with E-state index < -0.39 is 6.10 Å². The summed E-state index contributed by atoms with van der Waals surface area (Å²) in [6, 6.07) is 0. The second-order valence-corrected chi connectivity index (χ2v) is 7.28. The van der Waals surface area contributed by atoms with Crippen LogP contribution < -0.4 is 0 Å². The summed E-state index contributed by atoms with van der Waals surface area (Å²) >= 11 is 0. The van der Waals surface area contributed by atoms with Crippen molar-refractivity contribution in [2.24, 2.45) is 23.7 Å². The van der Waals surface area contributed by atoms with Crippen LogP contribution in [0.5, 0.6) is 0 Å². The molecule has 6 unspecified atom stereocenters. The van der Waals surface area contributed by atoms with Gasteiger partial charge in [0, 0.05) is 11.8 Å². The topological polar surface area (TPSA) is 63.6 Å². The molecule has 0 spiro atoms. The number of carbonyl (C=O) groups excluding carboxylic acids is 2. The number of ether oxygens (including phenoxy) is 1. The summed E-state index contributed by atoms with van der Waals surface area (Å²) in [5.41, 5.74) is 1.13. The third-order valence-corrected chi connectivity index (χ3v) is 5.10. The number of ketones is 1. The summed E-state index contributed by atoms with van der Waals surface area (Å²) in [6.07, 6.45) is 3.59. The Morgan fingerprint density at radius 2 is 1.91 bits per heavy atom. The number of carbonyl (C=O) groups is 2. The molecule has 0 aliphatic carbocycles. The molecular formula is C19H32O4. The van der Waals surface area contributed by atoms with E-state index in [0.29, 0.717) is 6.42 Å². The standard InChI is InChI=1S/C19H32O4/c1-7-12(3)18(21)15(6)19(22)14(5)9-11(2)8-13(4)16-10-17(20)23-16/h9,12-16,18,21H,7-8,10H2,1-6H3. The van der Waals surface area contributed by atoms with Crippen LogP contribution in [0.25, 0.3) is 0 Å². The van der Waals surface area contributed by atoms with E-state index in [1.54, 1.807) is 0 Å². The number of cyclic esters (lactones) is 1. The Morgan fingerprint density at radius 1 is 1.35 bits per heavy atom. The fraction of sp³-hybridized carbons (Fsp3) is 0.789. The fourth-order valence-electron chi connectivity index (χ4n) is 3.17. The highest BCUT2D eigenvalue weighted by atomic mass is 16.6. The van der Waals surface area contributed by atoms with E-state index in [1.165, 1.54) is 0 Å². The molecule has 23 heavy (non-hydrogen) atoms. The third-order valence-electron chi connectivity index (χ3n) is 5.10. The molecule has 4 heteroatoms. The molecule has 1 fully saturated rings. The lowest BCUT2D eigenvalue weighted by atomic mass is 9.83. The summed E-state index contributed by atoms with van der Waals surface area (Å²) in [6.45, 7) is 11.8. The average molecular weight is 324 g/mol. The zero-order valence-electron chi connectivity index (χ0n) is 15.3. The van der Waals surface area contributed by atoms with Crippen LogP contribution in [0.3, 0.4) is 0 Å². The van der Waals surface area contributed by atoms with Crippen LogP contribution >= 0.6 is 0 Å². The summed E-state index contributed by atoms with van der Waals surface area (Å²) in [7, 11) is 0. The number of allylic oxidation sites excluding steroid dienone is 2. The molecule has 6 atom stereocenters. The van der Waals surface area contributed by atoms with Gasteiger partial charge in [-0.25, -0.2) is 0 Å². The Bertz CT molecular complexity index is 446. The van der Waals surface area contributed by atoms with Crippen LogP contribution in [0.4, 0.5) is 0 Å². The molecule has 0 aromatic rings. The maximum atomic E-state index is 12.5. The SMILES string of the molecule is CCC(C)C(O)C(C)C(=O)C(C)C=C(C)CC(C)C1CC(=O)O1. The quantitative estimate of drug-likeness (QED) is 0.520. The highest BCUT2D eigenvalue weighted by Gasteiger charge is 2.33. The van der Waals surface area contributed by atoms with Crippen LogP contribution in [0.1, 0.15) is 60.8 Å². The first-order chi connectivity index (χ1) is 10.7. The molecule has 1 heterocycles. The van der Waals surface area contributed by atoms with Crippen LogP contribution in [0, 0.1) is 23.7 Å². The van der Waals surface area contributed by atoms with E-state index in [9.17, 15) is 14.7 Å². The molecule has 0 saturated carbocycles. The van der Waals surface area contributed by atoms with E-state index in [1.807, 2.05) is 40.7 Å². The molecule has 1 aliphatic rings. The molecule has 0 bridgehead atoms. The van der Waals surface area contributed by atoms with E-state index in [0.717, 1.165) is 18.4 Å². The number of hydrogen-bond donors (Lipinski definition) is 1. The van der Waals surface area contributed by atoms with Crippen molar-refractivity contribution in [3.8, 4) is 0 Å². The van der Waals surface area contributed by atoms with Gasteiger partial charge in [-0.15, -0.1) is 0 Å². The van der Waals surface area contributed by atoms with Crippen LogP contribution in [-0.4, -0.2) is 29.1 Å². The van der Waals surface area contributed by atoms with Crippen molar-refractivity contribution >= 4 is 11.8 Å². The lowest BCUT2D eigenvalue weighted by Gasteiger charge is -2.31. The Morgan fingerprint density at radius 3 is 2.39 bits per heavy atom. The summed E-state index contributed by atoms with van der Waals surface area (Å²) < 4.78 is 5.10. The maximum absolute atomic E-state index is 12.5. The number of rotatable bonds is 9. The largest absolute Gasteiger partial charge is 0.461 e. The van der Waals surface area contributed by atoms with Crippen molar-refractivity contribution in [3.05, 3.63) is 11.6 Å². The van der Waals surface area contributed by atoms with Crippen LogP contribution in [-0.2, 0) is 14.3 Å². The molecule has 0 aromatic heterocycles. The molecule has 0 aromatic carbocycles. The molecule has 0 amide bonds. The minimum Gasteiger partial charge on any atom is -0.461 e. The van der Waals surface area contributed by atoms with Gasteiger partial charge in [0.2, 0.25) is 0 Å². The predicted molar refractivity (Wildman–Crippen MR) is 90.8 cm³/mol. The number of esters is 1. The fourth-order valence-corrected chi connectivity index (χ4v) is 3.17. The first-order valence-corrected chi connectivity index (χ1v) is 8.75. The average Bonchev–Trinajstić information content (AvgIpc) is 2.48. The first-order valence-electron chi connectivity index (χ1n) is 8.75. The Labute approximate surface area is 140 Å². The van der Waals surface area contributed by atoms with Crippen LogP contribution in [0.15, 0.2) is 11.6 Å².